The molecule has 1 aromatic heterocycles. The number of halogens is 1. The summed E-state index contributed by atoms with van der Waals surface area (Å²) in [7, 11) is 0. The van der Waals surface area contributed by atoms with Crippen LogP contribution in [0.15, 0.2) is 33.4 Å². The monoisotopic (exact) mass is 298 g/mol. The van der Waals surface area contributed by atoms with E-state index in [0.29, 0.717) is 6.61 Å². The van der Waals surface area contributed by atoms with Gasteiger partial charge in [-0.1, -0.05) is 6.92 Å². The molecule has 0 atom stereocenters. The third-order valence-electron chi connectivity index (χ3n) is 2.11. The number of aromatic nitrogens is 2. The predicted molar refractivity (Wildman–Crippen MR) is 61.0 cm³/mol. The second-order valence-electron chi connectivity index (χ2n) is 3.41. The van der Waals surface area contributed by atoms with Gasteiger partial charge in [0.2, 0.25) is 5.69 Å². The van der Waals surface area contributed by atoms with E-state index in [4.69, 9.17) is 4.74 Å². The number of hydrogen-bond acceptors (Lipinski definition) is 4. The molecule has 0 aliphatic carbocycles. The molecule has 0 saturated carbocycles. The summed E-state index contributed by atoms with van der Waals surface area (Å²) in [6, 6.07) is 7.25. The van der Waals surface area contributed by atoms with Gasteiger partial charge in [-0.3, -0.25) is 0 Å². The predicted octanol–water partition coefficient (Wildman–Crippen LogP) is 1.58. The molecule has 17 heavy (non-hydrogen) atoms. The maximum atomic E-state index is 11.1. The third-order valence-corrected chi connectivity index (χ3v) is 2.77. The fourth-order valence-electron chi connectivity index (χ4n) is 1.30. The Kier molecular flexibility index (Phi) is 3.63. The summed E-state index contributed by atoms with van der Waals surface area (Å²) >= 11 is 3.11. The first kappa shape index (κ1) is 11.9. The van der Waals surface area contributed by atoms with E-state index in [1.54, 1.807) is 12.1 Å². The average molecular weight is 299 g/mol. The molecule has 5 nitrogen and oxygen atoms in total. The Bertz CT molecular complexity index is 496. The molecule has 2 rings (SSSR count). The Balaban J connectivity index is 2.20. The highest BCUT2D eigenvalue weighted by Crippen LogP contribution is 2.18. The summed E-state index contributed by atoms with van der Waals surface area (Å²) in [5, 5.41) is 14.7. The molecule has 0 aliphatic heterocycles. The van der Waals surface area contributed by atoms with E-state index in [9.17, 15) is 5.11 Å². The van der Waals surface area contributed by atoms with Crippen molar-refractivity contribution in [3.8, 4) is 17.4 Å². The molecule has 1 aromatic carbocycles. The first-order valence-corrected chi connectivity index (χ1v) is 5.99. The normalized spacial score (nSPS) is 10.5. The number of benzene rings is 1. The van der Waals surface area contributed by atoms with Gasteiger partial charge in [0.15, 0.2) is 5.95 Å². The maximum Gasteiger partial charge on any atom is 0.305 e. The highest BCUT2D eigenvalue weighted by molar-refractivity contribution is 9.10. The molecule has 6 heteroatoms. The van der Waals surface area contributed by atoms with E-state index in [1.807, 2.05) is 19.1 Å². The van der Waals surface area contributed by atoms with Gasteiger partial charge in [-0.25, -0.2) is 0 Å². The second-order valence-corrected chi connectivity index (χ2v) is 4.16. The first-order chi connectivity index (χ1) is 8.22. The van der Waals surface area contributed by atoms with Crippen molar-refractivity contribution < 1.29 is 19.0 Å². The van der Waals surface area contributed by atoms with Crippen molar-refractivity contribution in [3.05, 3.63) is 28.9 Å². The van der Waals surface area contributed by atoms with Gasteiger partial charge in [-0.05, 0) is 23.2 Å². The van der Waals surface area contributed by atoms with Gasteiger partial charge in [0.05, 0.1) is 11.9 Å². The number of hydrogen-bond donors (Lipinski definition) is 0. The van der Waals surface area contributed by atoms with E-state index in [-0.39, 0.29) is 4.60 Å². The fourth-order valence-corrected chi connectivity index (χ4v) is 1.64. The highest BCUT2D eigenvalue weighted by atomic mass is 79.9. The second kappa shape index (κ2) is 5.18. The zero-order valence-corrected chi connectivity index (χ0v) is 10.8. The molecule has 0 saturated heterocycles. The molecular formula is C11H11BrN2O3. The highest BCUT2D eigenvalue weighted by Gasteiger charge is 2.17. The quantitative estimate of drug-likeness (QED) is 0.804. The van der Waals surface area contributed by atoms with Crippen LogP contribution in [0, 0.1) is 0 Å². The van der Waals surface area contributed by atoms with Crippen molar-refractivity contribution in [1.29, 1.82) is 0 Å². The summed E-state index contributed by atoms with van der Waals surface area (Å²) < 4.78 is 11.6. The van der Waals surface area contributed by atoms with Gasteiger partial charge in [0, 0.05) is 28.1 Å². The summed E-state index contributed by atoms with van der Waals surface area (Å²) in [5.74, 6) is 0.287. The van der Waals surface area contributed by atoms with Crippen LogP contribution in [0.4, 0.5) is 0 Å². The fraction of sp³-hybridized carbons (Fsp3) is 0.273. The molecule has 0 bridgehead atoms. The minimum atomic E-state index is -0.503. The van der Waals surface area contributed by atoms with Crippen LogP contribution in [0.3, 0.4) is 0 Å². The Morgan fingerprint density at radius 1 is 1.41 bits per heavy atom. The van der Waals surface area contributed by atoms with Crippen LogP contribution in [0.25, 0.3) is 5.69 Å². The zero-order chi connectivity index (χ0) is 12.3. The van der Waals surface area contributed by atoms with E-state index in [0.717, 1.165) is 17.9 Å². The number of ether oxygens (including phenoxy) is 1. The van der Waals surface area contributed by atoms with E-state index < -0.39 is 5.95 Å². The molecule has 1 heterocycles. The van der Waals surface area contributed by atoms with Crippen molar-refractivity contribution in [2.75, 3.05) is 6.61 Å². The van der Waals surface area contributed by atoms with Crippen molar-refractivity contribution in [2.45, 2.75) is 13.3 Å². The largest absolute Gasteiger partial charge is 0.538 e. The van der Waals surface area contributed by atoms with Crippen LogP contribution < -0.4 is 14.5 Å². The van der Waals surface area contributed by atoms with Gasteiger partial charge < -0.3 is 14.4 Å². The van der Waals surface area contributed by atoms with E-state index in [2.05, 4.69) is 25.7 Å². The van der Waals surface area contributed by atoms with Crippen LogP contribution in [0.2, 0.25) is 0 Å². The summed E-state index contributed by atoms with van der Waals surface area (Å²) in [6.45, 7) is 2.73. The zero-order valence-electron chi connectivity index (χ0n) is 9.22. The lowest BCUT2D eigenvalue weighted by Gasteiger charge is -2.02. The van der Waals surface area contributed by atoms with Gasteiger partial charge in [0.1, 0.15) is 5.75 Å². The van der Waals surface area contributed by atoms with Crippen LogP contribution in [0.5, 0.6) is 11.7 Å². The molecule has 0 aliphatic rings. The maximum absolute atomic E-state index is 11.1. The molecule has 0 unspecified atom stereocenters. The SMILES string of the molecule is CCCOc1ccc(-[n+]2noc([O-])c2Br)cc1. The average Bonchev–Trinajstić information content (AvgIpc) is 2.68. The van der Waals surface area contributed by atoms with Crippen molar-refractivity contribution in [1.82, 2.24) is 5.27 Å². The topological polar surface area (TPSA) is 62.2 Å². The van der Waals surface area contributed by atoms with Crippen LogP contribution in [0.1, 0.15) is 13.3 Å². The van der Waals surface area contributed by atoms with E-state index >= 15 is 0 Å². The Labute approximate surface area is 107 Å². The first-order valence-electron chi connectivity index (χ1n) is 5.20. The lowest BCUT2D eigenvalue weighted by Crippen LogP contribution is -2.33. The van der Waals surface area contributed by atoms with E-state index in [1.165, 1.54) is 4.68 Å². The summed E-state index contributed by atoms with van der Waals surface area (Å²) in [6.07, 6.45) is 0.963. The summed E-state index contributed by atoms with van der Waals surface area (Å²) in [5.41, 5.74) is 0.728. The van der Waals surface area contributed by atoms with Gasteiger partial charge in [-0.15, -0.1) is 0 Å². The number of nitrogens with zero attached hydrogens (tertiary/aromatic N) is 2. The van der Waals surface area contributed by atoms with Gasteiger partial charge in [-0.2, -0.15) is 0 Å². The Morgan fingerprint density at radius 2 is 2.12 bits per heavy atom. The smallest absolute Gasteiger partial charge is 0.305 e. The third kappa shape index (κ3) is 2.58. The molecule has 0 amide bonds. The molecule has 90 valence electrons. The summed E-state index contributed by atoms with van der Waals surface area (Å²) in [4.78, 5) is 0. The van der Waals surface area contributed by atoms with Crippen LogP contribution in [-0.2, 0) is 0 Å². The lowest BCUT2D eigenvalue weighted by atomic mass is 10.3. The Morgan fingerprint density at radius 3 is 2.65 bits per heavy atom. The van der Waals surface area contributed by atoms with Crippen LogP contribution in [-0.4, -0.2) is 11.9 Å². The van der Waals surface area contributed by atoms with Crippen molar-refractivity contribution in [3.63, 3.8) is 0 Å². The minimum Gasteiger partial charge on any atom is -0.538 e. The standard InChI is InChI=1S/C11H11BrN2O3/c1-2-7-16-9-5-3-8(4-6-9)14-10(12)11(15)17-13-14/h3-6H,2,7H2,1H3. The molecule has 0 fully saturated rings. The molecule has 2 aromatic rings. The van der Waals surface area contributed by atoms with Gasteiger partial charge >= 0.3 is 4.60 Å². The van der Waals surface area contributed by atoms with Crippen molar-refractivity contribution in [2.24, 2.45) is 0 Å². The number of rotatable bonds is 4. The molecule has 0 N–H and O–H groups in total. The van der Waals surface area contributed by atoms with Crippen molar-refractivity contribution >= 4 is 15.9 Å². The van der Waals surface area contributed by atoms with Crippen LogP contribution >= 0.6 is 15.9 Å². The molecule has 0 radical (unpaired) electrons. The minimum absolute atomic E-state index is 0.264. The molecular weight excluding hydrogens is 288 g/mol. The molecule has 0 spiro atoms. The lowest BCUT2D eigenvalue weighted by molar-refractivity contribution is -0.680. The van der Waals surface area contributed by atoms with Gasteiger partial charge in [0.25, 0.3) is 0 Å². The Hall–Kier alpha value is -1.56.